The molecule has 0 aliphatic rings. The number of anilines is 1. The fourth-order valence-corrected chi connectivity index (χ4v) is 3.10. The first-order chi connectivity index (χ1) is 13.4. The number of rotatable bonds is 6. The van der Waals surface area contributed by atoms with Gasteiger partial charge in [-0.2, -0.15) is 0 Å². The SMILES string of the molecule is Cc1cc(NC(=O)c2cccc(OCc3ccc(Cl)nc3)c2)ccc1C(C)C. The van der Waals surface area contributed by atoms with Crippen LogP contribution in [0.1, 0.15) is 46.8 Å². The van der Waals surface area contributed by atoms with Crippen molar-refractivity contribution in [2.75, 3.05) is 5.32 Å². The van der Waals surface area contributed by atoms with Crippen LogP contribution < -0.4 is 10.1 Å². The van der Waals surface area contributed by atoms with E-state index in [0.29, 0.717) is 29.0 Å². The smallest absolute Gasteiger partial charge is 0.255 e. The lowest BCUT2D eigenvalue weighted by atomic mass is 9.97. The Morgan fingerprint density at radius 2 is 1.96 bits per heavy atom. The average Bonchev–Trinajstić information content (AvgIpc) is 2.67. The number of benzene rings is 2. The number of halogens is 1. The first kappa shape index (κ1) is 19.9. The summed E-state index contributed by atoms with van der Waals surface area (Å²) in [5.41, 5.74) is 4.68. The summed E-state index contributed by atoms with van der Waals surface area (Å²) in [7, 11) is 0. The molecule has 0 radical (unpaired) electrons. The first-order valence-corrected chi connectivity index (χ1v) is 9.55. The molecule has 0 saturated carbocycles. The van der Waals surface area contributed by atoms with Crippen LogP contribution in [0.15, 0.2) is 60.8 Å². The molecule has 3 aromatic rings. The quantitative estimate of drug-likeness (QED) is 0.522. The number of aromatic nitrogens is 1. The van der Waals surface area contributed by atoms with Gasteiger partial charge in [-0.05, 0) is 60.4 Å². The van der Waals surface area contributed by atoms with E-state index < -0.39 is 0 Å². The van der Waals surface area contributed by atoms with Crippen LogP contribution in [-0.4, -0.2) is 10.9 Å². The van der Waals surface area contributed by atoms with E-state index in [9.17, 15) is 4.79 Å². The highest BCUT2D eigenvalue weighted by atomic mass is 35.5. The summed E-state index contributed by atoms with van der Waals surface area (Å²) in [6.07, 6.45) is 1.67. The number of aryl methyl sites for hydroxylation is 1. The van der Waals surface area contributed by atoms with Gasteiger partial charge in [0.25, 0.3) is 5.91 Å². The zero-order chi connectivity index (χ0) is 20.1. The lowest BCUT2D eigenvalue weighted by molar-refractivity contribution is 0.102. The summed E-state index contributed by atoms with van der Waals surface area (Å²) in [6.45, 7) is 6.73. The highest BCUT2D eigenvalue weighted by Gasteiger charge is 2.10. The van der Waals surface area contributed by atoms with Gasteiger partial charge in [-0.3, -0.25) is 4.79 Å². The van der Waals surface area contributed by atoms with Crippen LogP contribution in [0.5, 0.6) is 5.75 Å². The summed E-state index contributed by atoms with van der Waals surface area (Å²) < 4.78 is 5.77. The van der Waals surface area contributed by atoms with E-state index in [1.54, 1.807) is 30.5 Å². The lowest BCUT2D eigenvalue weighted by Gasteiger charge is -2.13. The topological polar surface area (TPSA) is 51.2 Å². The molecule has 0 bridgehead atoms. The second kappa shape index (κ2) is 8.89. The molecule has 0 unspecified atom stereocenters. The van der Waals surface area contributed by atoms with Gasteiger partial charge in [-0.15, -0.1) is 0 Å². The third-order valence-corrected chi connectivity index (χ3v) is 4.66. The van der Waals surface area contributed by atoms with E-state index in [1.165, 1.54) is 11.1 Å². The van der Waals surface area contributed by atoms with Crippen LogP contribution in [0, 0.1) is 6.92 Å². The van der Waals surface area contributed by atoms with Crippen LogP contribution >= 0.6 is 11.6 Å². The fourth-order valence-electron chi connectivity index (χ4n) is 2.99. The molecule has 0 fully saturated rings. The van der Waals surface area contributed by atoms with E-state index in [-0.39, 0.29) is 5.91 Å². The minimum Gasteiger partial charge on any atom is -0.489 e. The number of hydrogen-bond donors (Lipinski definition) is 1. The maximum Gasteiger partial charge on any atom is 0.255 e. The molecule has 1 heterocycles. The molecule has 3 rings (SSSR count). The normalized spacial score (nSPS) is 10.8. The van der Waals surface area contributed by atoms with Gasteiger partial charge in [-0.1, -0.05) is 43.6 Å². The molecular formula is C23H23ClN2O2. The molecule has 0 saturated heterocycles. The number of amides is 1. The van der Waals surface area contributed by atoms with Crippen molar-refractivity contribution in [3.63, 3.8) is 0 Å². The Hall–Kier alpha value is -2.85. The van der Waals surface area contributed by atoms with Gasteiger partial charge >= 0.3 is 0 Å². The van der Waals surface area contributed by atoms with E-state index in [2.05, 4.69) is 37.1 Å². The predicted molar refractivity (Wildman–Crippen MR) is 113 cm³/mol. The molecule has 1 amide bonds. The van der Waals surface area contributed by atoms with Crippen molar-refractivity contribution < 1.29 is 9.53 Å². The van der Waals surface area contributed by atoms with Crippen LogP contribution in [0.25, 0.3) is 0 Å². The minimum atomic E-state index is -0.171. The minimum absolute atomic E-state index is 0.171. The number of nitrogens with zero attached hydrogens (tertiary/aromatic N) is 1. The van der Waals surface area contributed by atoms with Crippen molar-refractivity contribution in [3.8, 4) is 5.75 Å². The first-order valence-electron chi connectivity index (χ1n) is 9.17. The molecule has 0 aliphatic carbocycles. The van der Waals surface area contributed by atoms with Gasteiger partial charge in [-0.25, -0.2) is 4.98 Å². The van der Waals surface area contributed by atoms with Crippen LogP contribution in [0.2, 0.25) is 5.15 Å². The second-order valence-electron chi connectivity index (χ2n) is 6.99. The highest BCUT2D eigenvalue weighted by molar-refractivity contribution is 6.29. The number of carbonyl (C=O) groups is 1. The fraction of sp³-hybridized carbons (Fsp3) is 0.217. The van der Waals surface area contributed by atoms with Crippen molar-refractivity contribution >= 4 is 23.2 Å². The zero-order valence-corrected chi connectivity index (χ0v) is 17.0. The van der Waals surface area contributed by atoms with Gasteiger partial charge < -0.3 is 10.1 Å². The van der Waals surface area contributed by atoms with E-state index in [1.807, 2.05) is 24.3 Å². The molecule has 0 spiro atoms. The molecule has 4 nitrogen and oxygen atoms in total. The number of ether oxygens (including phenoxy) is 1. The number of hydrogen-bond acceptors (Lipinski definition) is 3. The number of pyridine rings is 1. The molecular weight excluding hydrogens is 372 g/mol. The Balaban J connectivity index is 1.66. The second-order valence-corrected chi connectivity index (χ2v) is 7.37. The van der Waals surface area contributed by atoms with Crippen molar-refractivity contribution in [2.24, 2.45) is 0 Å². The number of nitrogens with one attached hydrogen (secondary N) is 1. The Labute approximate surface area is 170 Å². The van der Waals surface area contributed by atoms with Crippen molar-refractivity contribution in [3.05, 3.63) is 88.2 Å². The molecule has 5 heteroatoms. The summed E-state index contributed by atoms with van der Waals surface area (Å²) in [5, 5.41) is 3.40. The number of carbonyl (C=O) groups excluding carboxylic acids is 1. The molecule has 1 N–H and O–H groups in total. The Morgan fingerprint density at radius 1 is 1.14 bits per heavy atom. The van der Waals surface area contributed by atoms with Gasteiger partial charge in [0, 0.05) is 23.0 Å². The summed E-state index contributed by atoms with van der Waals surface area (Å²) in [5.74, 6) is 0.902. The molecule has 0 atom stereocenters. The summed E-state index contributed by atoms with van der Waals surface area (Å²) >= 11 is 5.79. The van der Waals surface area contributed by atoms with Gasteiger partial charge in [0.1, 0.15) is 17.5 Å². The van der Waals surface area contributed by atoms with Crippen LogP contribution in [-0.2, 0) is 6.61 Å². The summed E-state index contributed by atoms with van der Waals surface area (Å²) in [6, 6.07) is 16.7. The molecule has 1 aromatic heterocycles. The Kier molecular flexibility index (Phi) is 6.32. The predicted octanol–water partition coefficient (Wildman–Crippen LogP) is 6.00. The largest absolute Gasteiger partial charge is 0.489 e. The standard InChI is InChI=1S/C23H23ClN2O2/c1-15(2)21-9-8-19(11-16(21)3)26-23(27)18-5-4-6-20(12-18)28-14-17-7-10-22(24)25-13-17/h4-13,15H,14H2,1-3H3,(H,26,27). The molecule has 0 aliphatic heterocycles. The molecule has 2 aromatic carbocycles. The maximum atomic E-state index is 12.6. The van der Waals surface area contributed by atoms with Crippen molar-refractivity contribution in [1.82, 2.24) is 4.98 Å². The van der Waals surface area contributed by atoms with Crippen molar-refractivity contribution in [2.45, 2.75) is 33.3 Å². The highest BCUT2D eigenvalue weighted by Crippen LogP contribution is 2.23. The average molecular weight is 395 g/mol. The Morgan fingerprint density at radius 3 is 2.64 bits per heavy atom. The van der Waals surface area contributed by atoms with Gasteiger partial charge in [0.15, 0.2) is 0 Å². The lowest BCUT2D eigenvalue weighted by Crippen LogP contribution is -2.12. The zero-order valence-electron chi connectivity index (χ0n) is 16.2. The summed E-state index contributed by atoms with van der Waals surface area (Å²) in [4.78, 5) is 16.6. The van der Waals surface area contributed by atoms with Crippen molar-refractivity contribution in [1.29, 1.82) is 0 Å². The van der Waals surface area contributed by atoms with Gasteiger partial charge in [0.05, 0.1) is 0 Å². The monoisotopic (exact) mass is 394 g/mol. The molecule has 144 valence electrons. The maximum absolute atomic E-state index is 12.6. The Bertz CT molecular complexity index is 969. The van der Waals surface area contributed by atoms with E-state index in [4.69, 9.17) is 16.3 Å². The van der Waals surface area contributed by atoms with Gasteiger partial charge in [0.2, 0.25) is 0 Å². The third kappa shape index (κ3) is 5.11. The van der Waals surface area contributed by atoms with E-state index >= 15 is 0 Å². The third-order valence-electron chi connectivity index (χ3n) is 4.44. The van der Waals surface area contributed by atoms with E-state index in [0.717, 1.165) is 11.3 Å². The van der Waals surface area contributed by atoms with Crippen LogP contribution in [0.3, 0.4) is 0 Å². The molecule has 28 heavy (non-hydrogen) atoms. The van der Waals surface area contributed by atoms with Crippen LogP contribution in [0.4, 0.5) is 5.69 Å².